The molecule has 0 N–H and O–H groups in total. The zero-order valence-electron chi connectivity index (χ0n) is 8.82. The van der Waals surface area contributed by atoms with E-state index in [1.54, 1.807) is 18.1 Å². The van der Waals surface area contributed by atoms with Crippen LogP contribution in [0.25, 0.3) is 0 Å². The van der Waals surface area contributed by atoms with Crippen LogP contribution in [0.1, 0.15) is 29.5 Å². The molecule has 0 saturated heterocycles. The number of aromatic nitrogens is 2. The molecule has 0 fully saturated rings. The van der Waals surface area contributed by atoms with Crippen LogP contribution in [-0.4, -0.2) is 34.4 Å². The lowest BCUT2D eigenvalue weighted by Gasteiger charge is -2.14. The van der Waals surface area contributed by atoms with Crippen LogP contribution in [0.4, 0.5) is 0 Å². The van der Waals surface area contributed by atoms with Crippen LogP contribution in [0.15, 0.2) is 12.4 Å². The quantitative estimate of drug-likeness (QED) is 0.726. The van der Waals surface area contributed by atoms with Gasteiger partial charge in [-0.05, 0) is 13.3 Å². The van der Waals surface area contributed by atoms with E-state index in [2.05, 4.69) is 9.97 Å². The SMILES string of the molecule is CCCN(C)C(=O)c1cncc(C)n1. The average Bonchev–Trinajstić information content (AvgIpc) is 2.17. The smallest absolute Gasteiger partial charge is 0.273 e. The molecule has 0 radical (unpaired) electrons. The Kier molecular flexibility index (Phi) is 3.56. The van der Waals surface area contributed by atoms with Crippen molar-refractivity contribution in [3.8, 4) is 0 Å². The van der Waals surface area contributed by atoms with Crippen LogP contribution in [0.3, 0.4) is 0 Å². The molecule has 1 aromatic heterocycles. The largest absolute Gasteiger partial charge is 0.340 e. The third-order valence-electron chi connectivity index (χ3n) is 1.88. The maximum atomic E-state index is 11.7. The van der Waals surface area contributed by atoms with Crippen molar-refractivity contribution in [1.82, 2.24) is 14.9 Å². The second kappa shape index (κ2) is 4.69. The molecule has 76 valence electrons. The van der Waals surface area contributed by atoms with E-state index in [-0.39, 0.29) is 5.91 Å². The van der Waals surface area contributed by atoms with E-state index in [1.807, 2.05) is 13.8 Å². The highest BCUT2D eigenvalue weighted by molar-refractivity contribution is 5.91. The third-order valence-corrected chi connectivity index (χ3v) is 1.88. The topological polar surface area (TPSA) is 46.1 Å². The van der Waals surface area contributed by atoms with Gasteiger partial charge in [-0.25, -0.2) is 4.98 Å². The summed E-state index contributed by atoms with van der Waals surface area (Å²) in [6.45, 7) is 4.60. The Labute approximate surface area is 84.0 Å². The second-order valence-corrected chi connectivity index (χ2v) is 3.27. The van der Waals surface area contributed by atoms with Gasteiger partial charge in [-0.3, -0.25) is 9.78 Å². The molecule has 14 heavy (non-hydrogen) atoms. The summed E-state index contributed by atoms with van der Waals surface area (Å²) >= 11 is 0. The highest BCUT2D eigenvalue weighted by atomic mass is 16.2. The molecule has 1 rings (SSSR count). The molecule has 0 atom stereocenters. The lowest BCUT2D eigenvalue weighted by Crippen LogP contribution is -2.28. The number of carbonyl (C=O) groups is 1. The van der Waals surface area contributed by atoms with Gasteiger partial charge in [0, 0.05) is 19.8 Å². The molecule has 1 aromatic rings. The molecule has 0 aromatic carbocycles. The molecular formula is C10H15N3O. The predicted molar refractivity (Wildman–Crippen MR) is 54.0 cm³/mol. The van der Waals surface area contributed by atoms with Crippen molar-refractivity contribution in [3.05, 3.63) is 23.8 Å². The van der Waals surface area contributed by atoms with Gasteiger partial charge in [-0.15, -0.1) is 0 Å². The summed E-state index contributed by atoms with van der Waals surface area (Å²) in [4.78, 5) is 21.4. The number of hydrogen-bond donors (Lipinski definition) is 0. The van der Waals surface area contributed by atoms with E-state index in [0.29, 0.717) is 5.69 Å². The molecule has 0 aliphatic carbocycles. The Morgan fingerprint density at radius 1 is 1.50 bits per heavy atom. The van der Waals surface area contributed by atoms with Crippen molar-refractivity contribution in [2.24, 2.45) is 0 Å². The first-order valence-corrected chi connectivity index (χ1v) is 4.69. The van der Waals surface area contributed by atoms with Crippen LogP contribution >= 0.6 is 0 Å². The molecule has 4 nitrogen and oxygen atoms in total. The lowest BCUT2D eigenvalue weighted by atomic mass is 10.3. The van der Waals surface area contributed by atoms with E-state index in [1.165, 1.54) is 6.20 Å². The number of hydrogen-bond acceptors (Lipinski definition) is 3. The molecule has 0 bridgehead atoms. The van der Waals surface area contributed by atoms with Crippen LogP contribution in [0.5, 0.6) is 0 Å². The molecule has 0 saturated carbocycles. The average molecular weight is 193 g/mol. The Hall–Kier alpha value is -1.45. The second-order valence-electron chi connectivity index (χ2n) is 3.27. The Morgan fingerprint density at radius 2 is 2.21 bits per heavy atom. The number of aryl methyl sites for hydroxylation is 1. The van der Waals surface area contributed by atoms with Crippen molar-refractivity contribution < 1.29 is 4.79 Å². The summed E-state index contributed by atoms with van der Waals surface area (Å²) in [5.74, 6) is -0.0666. The molecular weight excluding hydrogens is 178 g/mol. The van der Waals surface area contributed by atoms with Gasteiger partial charge in [-0.1, -0.05) is 6.92 Å². The first kappa shape index (κ1) is 10.6. The standard InChI is InChI=1S/C10H15N3O/c1-4-5-13(3)10(14)9-7-11-6-8(2)12-9/h6-7H,4-5H2,1-3H3. The van der Waals surface area contributed by atoms with Gasteiger partial charge in [0.05, 0.1) is 11.9 Å². The summed E-state index contributed by atoms with van der Waals surface area (Å²) in [5, 5.41) is 0. The molecule has 0 unspecified atom stereocenters. The van der Waals surface area contributed by atoms with E-state index < -0.39 is 0 Å². The van der Waals surface area contributed by atoms with Gasteiger partial charge >= 0.3 is 0 Å². The minimum atomic E-state index is -0.0666. The normalized spacial score (nSPS) is 9.93. The van der Waals surface area contributed by atoms with Gasteiger partial charge < -0.3 is 4.90 Å². The van der Waals surface area contributed by atoms with E-state index >= 15 is 0 Å². The highest BCUT2D eigenvalue weighted by Gasteiger charge is 2.12. The van der Waals surface area contributed by atoms with Crippen LogP contribution in [0.2, 0.25) is 0 Å². The van der Waals surface area contributed by atoms with Gasteiger partial charge in [0.15, 0.2) is 0 Å². The molecule has 0 aliphatic rings. The van der Waals surface area contributed by atoms with Crippen molar-refractivity contribution in [2.75, 3.05) is 13.6 Å². The van der Waals surface area contributed by atoms with E-state index in [4.69, 9.17) is 0 Å². The first-order chi connectivity index (χ1) is 6.65. The summed E-state index contributed by atoms with van der Waals surface area (Å²) in [5.41, 5.74) is 1.18. The van der Waals surface area contributed by atoms with Crippen molar-refractivity contribution in [1.29, 1.82) is 0 Å². The van der Waals surface area contributed by atoms with E-state index in [9.17, 15) is 4.79 Å². The molecule has 0 aliphatic heterocycles. The summed E-state index contributed by atoms with van der Waals surface area (Å²) in [7, 11) is 1.77. The summed E-state index contributed by atoms with van der Waals surface area (Å²) < 4.78 is 0. The molecule has 4 heteroatoms. The fourth-order valence-electron chi connectivity index (χ4n) is 1.20. The maximum Gasteiger partial charge on any atom is 0.273 e. The van der Waals surface area contributed by atoms with Crippen LogP contribution < -0.4 is 0 Å². The Bertz CT molecular complexity index is 325. The van der Waals surface area contributed by atoms with Crippen molar-refractivity contribution in [2.45, 2.75) is 20.3 Å². The summed E-state index contributed by atoms with van der Waals surface area (Å²) in [6, 6.07) is 0. The van der Waals surface area contributed by atoms with Gasteiger partial charge in [0.1, 0.15) is 5.69 Å². The van der Waals surface area contributed by atoms with Crippen molar-refractivity contribution >= 4 is 5.91 Å². The number of rotatable bonds is 3. The van der Waals surface area contributed by atoms with Gasteiger partial charge in [0.25, 0.3) is 5.91 Å². The van der Waals surface area contributed by atoms with Crippen LogP contribution in [0, 0.1) is 6.92 Å². The highest BCUT2D eigenvalue weighted by Crippen LogP contribution is 2.00. The number of nitrogens with zero attached hydrogens (tertiary/aromatic N) is 3. The fraction of sp³-hybridized carbons (Fsp3) is 0.500. The zero-order chi connectivity index (χ0) is 10.6. The van der Waals surface area contributed by atoms with Gasteiger partial charge in [0.2, 0.25) is 0 Å². The minimum absolute atomic E-state index is 0.0666. The molecule has 1 amide bonds. The summed E-state index contributed by atoms with van der Waals surface area (Å²) in [6.07, 6.45) is 4.08. The minimum Gasteiger partial charge on any atom is -0.340 e. The predicted octanol–water partition coefficient (Wildman–Crippen LogP) is 1.27. The molecule has 1 heterocycles. The Balaban J connectivity index is 2.78. The number of amides is 1. The zero-order valence-corrected chi connectivity index (χ0v) is 8.82. The first-order valence-electron chi connectivity index (χ1n) is 4.69. The van der Waals surface area contributed by atoms with Crippen LogP contribution in [-0.2, 0) is 0 Å². The monoisotopic (exact) mass is 193 g/mol. The number of carbonyl (C=O) groups excluding carboxylic acids is 1. The Morgan fingerprint density at radius 3 is 2.79 bits per heavy atom. The molecule has 0 spiro atoms. The fourth-order valence-corrected chi connectivity index (χ4v) is 1.20. The van der Waals surface area contributed by atoms with Crippen molar-refractivity contribution in [3.63, 3.8) is 0 Å². The van der Waals surface area contributed by atoms with Gasteiger partial charge in [-0.2, -0.15) is 0 Å². The lowest BCUT2D eigenvalue weighted by molar-refractivity contribution is 0.0788. The van der Waals surface area contributed by atoms with E-state index in [0.717, 1.165) is 18.7 Å². The third kappa shape index (κ3) is 2.52. The maximum absolute atomic E-state index is 11.7.